The maximum Gasteiger partial charge on any atom is 0.337 e. The molecule has 5 N–H and O–H groups in total. The van der Waals surface area contributed by atoms with Crippen LogP contribution in [0.5, 0.6) is 0 Å². The number of carbonyl (C=O) groups is 3. The normalized spacial score (nSPS) is 11.8. The van der Waals surface area contributed by atoms with Crippen LogP contribution in [-0.2, 0) is 4.79 Å². The van der Waals surface area contributed by atoms with Gasteiger partial charge in [-0.3, -0.25) is 4.79 Å². The summed E-state index contributed by atoms with van der Waals surface area (Å²) in [7, 11) is 0. The van der Waals surface area contributed by atoms with Crippen LogP contribution < -0.4 is 16.4 Å². The number of carbonyl (C=O) groups excluding carboxylic acids is 2. The monoisotopic (exact) mass is 357 g/mol. The Labute approximate surface area is 130 Å². The minimum absolute atomic E-state index is 0.0616. The maximum absolute atomic E-state index is 11.9. The second-order valence-corrected chi connectivity index (χ2v) is 5.63. The number of aromatic carboxylic acids is 1. The summed E-state index contributed by atoms with van der Waals surface area (Å²) in [6.07, 6.45) is 0. The van der Waals surface area contributed by atoms with E-state index in [4.69, 9.17) is 10.8 Å². The maximum atomic E-state index is 11.9. The molecule has 0 radical (unpaired) electrons. The number of amides is 3. The van der Waals surface area contributed by atoms with Gasteiger partial charge < -0.3 is 21.5 Å². The second kappa shape index (κ2) is 7.07. The molecule has 0 fully saturated rings. The van der Waals surface area contributed by atoms with Gasteiger partial charge in [0.25, 0.3) is 0 Å². The zero-order valence-corrected chi connectivity index (χ0v) is 13.1. The van der Waals surface area contributed by atoms with Gasteiger partial charge in [0.2, 0.25) is 5.91 Å². The van der Waals surface area contributed by atoms with Gasteiger partial charge in [-0.1, -0.05) is 29.8 Å². The first kappa shape index (κ1) is 17.0. The molecule has 3 amide bonds. The Morgan fingerprint density at radius 1 is 1.29 bits per heavy atom. The topological polar surface area (TPSA) is 122 Å². The third-order valence-corrected chi connectivity index (χ3v) is 3.21. The van der Waals surface area contributed by atoms with E-state index in [9.17, 15) is 14.4 Å². The third kappa shape index (κ3) is 4.75. The van der Waals surface area contributed by atoms with Crippen LogP contribution in [0.25, 0.3) is 0 Å². The summed E-state index contributed by atoms with van der Waals surface area (Å²) in [6, 6.07) is 2.82. The quantitative estimate of drug-likeness (QED) is 0.641. The van der Waals surface area contributed by atoms with Crippen molar-refractivity contribution < 1.29 is 19.5 Å². The Kier molecular flexibility index (Phi) is 5.71. The van der Waals surface area contributed by atoms with Crippen LogP contribution in [0.4, 0.5) is 10.5 Å². The van der Waals surface area contributed by atoms with E-state index in [2.05, 4.69) is 26.6 Å². The predicted octanol–water partition coefficient (Wildman–Crippen LogP) is 1.78. The highest BCUT2D eigenvalue weighted by Crippen LogP contribution is 2.21. The lowest BCUT2D eigenvalue weighted by Crippen LogP contribution is -2.49. The number of nitrogens with two attached hydrogens (primary N) is 1. The number of hydrogen-bond acceptors (Lipinski definition) is 3. The molecule has 0 saturated carbocycles. The van der Waals surface area contributed by atoms with Crippen LogP contribution in [0.3, 0.4) is 0 Å². The van der Waals surface area contributed by atoms with E-state index in [1.807, 2.05) is 0 Å². The first-order chi connectivity index (χ1) is 9.72. The molecule has 1 aromatic rings. The summed E-state index contributed by atoms with van der Waals surface area (Å²) in [4.78, 5) is 34.2. The number of carboxylic acid groups (broad SMARTS) is 1. The molecule has 1 aromatic carbocycles. The van der Waals surface area contributed by atoms with Gasteiger partial charge in [0.05, 0.1) is 11.3 Å². The van der Waals surface area contributed by atoms with E-state index in [1.165, 1.54) is 12.1 Å². The second-order valence-electron chi connectivity index (χ2n) is 4.72. The van der Waals surface area contributed by atoms with Crippen molar-refractivity contribution in [2.45, 2.75) is 19.9 Å². The van der Waals surface area contributed by atoms with Crippen molar-refractivity contribution in [3.05, 3.63) is 28.2 Å². The molecule has 21 heavy (non-hydrogen) atoms. The van der Waals surface area contributed by atoms with E-state index in [1.54, 1.807) is 19.9 Å². The summed E-state index contributed by atoms with van der Waals surface area (Å²) < 4.78 is 0.609. The number of hydrogen-bond donors (Lipinski definition) is 4. The standard InChI is InChI=1S/C13H16BrN3O4/c1-6(2)10(11(15)18)17-13(21)16-9-5-7(14)3-4-8(9)12(19)20/h3-6,10H,1-2H3,(H2,15,18)(H,19,20)(H2,16,17,21). The summed E-state index contributed by atoms with van der Waals surface area (Å²) in [5.74, 6) is -2.02. The zero-order valence-electron chi connectivity index (χ0n) is 11.5. The van der Waals surface area contributed by atoms with Gasteiger partial charge in [0, 0.05) is 4.47 Å². The fraction of sp³-hybridized carbons (Fsp3) is 0.308. The molecule has 7 nitrogen and oxygen atoms in total. The number of rotatable bonds is 5. The van der Waals surface area contributed by atoms with Crippen molar-refractivity contribution in [2.24, 2.45) is 11.7 Å². The lowest BCUT2D eigenvalue weighted by molar-refractivity contribution is -0.120. The first-order valence-electron chi connectivity index (χ1n) is 6.12. The number of anilines is 1. The highest BCUT2D eigenvalue weighted by atomic mass is 79.9. The van der Waals surface area contributed by atoms with Crippen LogP contribution in [0.1, 0.15) is 24.2 Å². The SMILES string of the molecule is CC(C)C(NC(=O)Nc1cc(Br)ccc1C(=O)O)C(N)=O. The van der Waals surface area contributed by atoms with Crippen molar-refractivity contribution in [3.8, 4) is 0 Å². The van der Waals surface area contributed by atoms with E-state index >= 15 is 0 Å². The molecule has 8 heteroatoms. The van der Waals surface area contributed by atoms with Crippen molar-refractivity contribution >= 4 is 39.5 Å². The minimum atomic E-state index is -1.17. The van der Waals surface area contributed by atoms with Gasteiger partial charge in [-0.15, -0.1) is 0 Å². The Hall–Kier alpha value is -2.09. The van der Waals surface area contributed by atoms with Gasteiger partial charge in [-0.05, 0) is 24.1 Å². The number of primary amides is 1. The summed E-state index contributed by atoms with van der Waals surface area (Å²) in [5, 5.41) is 13.9. The van der Waals surface area contributed by atoms with E-state index in [-0.39, 0.29) is 17.2 Å². The van der Waals surface area contributed by atoms with Crippen LogP contribution in [0, 0.1) is 5.92 Å². The fourth-order valence-electron chi connectivity index (χ4n) is 1.67. The first-order valence-corrected chi connectivity index (χ1v) is 6.91. The Morgan fingerprint density at radius 2 is 1.90 bits per heavy atom. The average Bonchev–Trinajstić information content (AvgIpc) is 2.34. The molecule has 0 bridgehead atoms. The molecule has 0 heterocycles. The summed E-state index contributed by atoms with van der Waals surface area (Å²) in [6.45, 7) is 3.47. The van der Waals surface area contributed by atoms with Gasteiger partial charge >= 0.3 is 12.0 Å². The molecule has 0 aliphatic heterocycles. The molecule has 1 unspecified atom stereocenters. The molecule has 0 aromatic heterocycles. The van der Waals surface area contributed by atoms with Gasteiger partial charge in [0.15, 0.2) is 0 Å². The van der Waals surface area contributed by atoms with Gasteiger partial charge in [-0.25, -0.2) is 9.59 Å². The third-order valence-electron chi connectivity index (χ3n) is 2.72. The van der Waals surface area contributed by atoms with Crippen LogP contribution in [0.15, 0.2) is 22.7 Å². The Bertz CT molecular complexity index is 575. The van der Waals surface area contributed by atoms with Gasteiger partial charge in [0.1, 0.15) is 6.04 Å². The molecule has 0 spiro atoms. The number of benzene rings is 1. The number of urea groups is 1. The van der Waals surface area contributed by atoms with E-state index in [0.29, 0.717) is 4.47 Å². The largest absolute Gasteiger partial charge is 0.478 e. The molecule has 1 rings (SSSR count). The molecular formula is C13H16BrN3O4. The van der Waals surface area contributed by atoms with Crippen molar-refractivity contribution in [3.63, 3.8) is 0 Å². The van der Waals surface area contributed by atoms with Crippen LogP contribution >= 0.6 is 15.9 Å². The van der Waals surface area contributed by atoms with E-state index < -0.39 is 23.9 Å². The summed E-state index contributed by atoms with van der Waals surface area (Å²) in [5.41, 5.74) is 5.25. The average molecular weight is 358 g/mol. The van der Waals surface area contributed by atoms with Crippen LogP contribution in [0.2, 0.25) is 0 Å². The fourth-order valence-corrected chi connectivity index (χ4v) is 2.03. The molecular weight excluding hydrogens is 342 g/mol. The number of carboxylic acids is 1. The Balaban J connectivity index is 2.90. The Morgan fingerprint density at radius 3 is 2.38 bits per heavy atom. The smallest absolute Gasteiger partial charge is 0.337 e. The van der Waals surface area contributed by atoms with Crippen molar-refractivity contribution in [1.82, 2.24) is 5.32 Å². The molecule has 0 aliphatic rings. The molecule has 1 atom stereocenters. The van der Waals surface area contributed by atoms with Crippen molar-refractivity contribution in [2.75, 3.05) is 5.32 Å². The zero-order chi connectivity index (χ0) is 16.2. The highest BCUT2D eigenvalue weighted by Gasteiger charge is 2.22. The molecule has 114 valence electrons. The molecule has 0 saturated heterocycles. The minimum Gasteiger partial charge on any atom is -0.478 e. The van der Waals surface area contributed by atoms with Crippen molar-refractivity contribution in [1.29, 1.82) is 0 Å². The van der Waals surface area contributed by atoms with E-state index in [0.717, 1.165) is 0 Å². The molecule has 0 aliphatic carbocycles. The number of halogens is 1. The highest BCUT2D eigenvalue weighted by molar-refractivity contribution is 9.10. The lowest BCUT2D eigenvalue weighted by Gasteiger charge is -2.19. The van der Waals surface area contributed by atoms with Gasteiger partial charge in [-0.2, -0.15) is 0 Å². The predicted molar refractivity (Wildman–Crippen MR) is 81.1 cm³/mol. The number of nitrogens with one attached hydrogen (secondary N) is 2. The summed E-state index contributed by atoms with van der Waals surface area (Å²) >= 11 is 3.19. The van der Waals surface area contributed by atoms with Crippen LogP contribution in [-0.4, -0.2) is 29.1 Å². The lowest BCUT2D eigenvalue weighted by atomic mass is 10.0.